The van der Waals surface area contributed by atoms with Gasteiger partial charge in [-0.15, -0.1) is 10.2 Å². The van der Waals surface area contributed by atoms with Crippen LogP contribution in [0.15, 0.2) is 0 Å². The van der Waals surface area contributed by atoms with Crippen molar-refractivity contribution < 1.29 is 9.53 Å². The second kappa shape index (κ2) is 5.79. The summed E-state index contributed by atoms with van der Waals surface area (Å²) in [6.45, 7) is 9.50. The fourth-order valence-electron chi connectivity index (χ4n) is 1.43. The number of ether oxygens (including phenoxy) is 1. The molecule has 0 aliphatic carbocycles. The monoisotopic (exact) mass is 255 g/mol. The second-order valence-electron chi connectivity index (χ2n) is 5.28. The van der Waals surface area contributed by atoms with Gasteiger partial charge in [-0.05, 0) is 26.7 Å². The van der Waals surface area contributed by atoms with Gasteiger partial charge in [0.1, 0.15) is 5.60 Å². The molecule has 0 spiro atoms. The van der Waals surface area contributed by atoms with Gasteiger partial charge >= 0.3 is 6.09 Å². The summed E-state index contributed by atoms with van der Waals surface area (Å²) in [5, 5.41) is 16.5. The van der Waals surface area contributed by atoms with E-state index in [2.05, 4.69) is 25.9 Å². The molecule has 0 bridgehead atoms. The standard InChI is InChI=1S/C11H21N5O2/c1-6-7(2)8(9-13-15-16-14-9)12-10(17)18-11(3,4)5/h7-8H,6H2,1-5H3,(H,12,17)(H,13,14,15,16)/t7-,8-/m0/s1. The number of carbonyl (C=O) groups excluding carboxylic acids is 1. The minimum atomic E-state index is -0.526. The van der Waals surface area contributed by atoms with Gasteiger partial charge in [0, 0.05) is 0 Å². The van der Waals surface area contributed by atoms with Gasteiger partial charge in [-0.25, -0.2) is 4.79 Å². The lowest BCUT2D eigenvalue weighted by atomic mass is 9.99. The molecule has 2 atom stereocenters. The fourth-order valence-corrected chi connectivity index (χ4v) is 1.43. The van der Waals surface area contributed by atoms with Crippen molar-refractivity contribution in [1.82, 2.24) is 25.9 Å². The molecule has 102 valence electrons. The summed E-state index contributed by atoms with van der Waals surface area (Å²) < 4.78 is 5.22. The maximum absolute atomic E-state index is 11.8. The zero-order chi connectivity index (χ0) is 13.8. The zero-order valence-electron chi connectivity index (χ0n) is 11.5. The maximum atomic E-state index is 11.8. The van der Waals surface area contributed by atoms with Gasteiger partial charge < -0.3 is 10.1 Å². The summed E-state index contributed by atoms with van der Waals surface area (Å²) in [7, 11) is 0. The predicted octanol–water partition coefficient (Wildman–Crippen LogP) is 1.81. The SMILES string of the molecule is CC[C@H](C)[C@H](NC(=O)OC(C)(C)C)c1nn[nH]n1. The summed E-state index contributed by atoms with van der Waals surface area (Å²) in [6.07, 6.45) is 0.409. The number of aromatic amines is 1. The van der Waals surface area contributed by atoms with E-state index in [1.54, 1.807) is 0 Å². The first-order valence-electron chi connectivity index (χ1n) is 6.06. The quantitative estimate of drug-likeness (QED) is 0.855. The summed E-state index contributed by atoms with van der Waals surface area (Å²) in [4.78, 5) is 11.8. The first-order valence-corrected chi connectivity index (χ1v) is 6.06. The van der Waals surface area contributed by atoms with Crippen molar-refractivity contribution in [2.75, 3.05) is 0 Å². The number of alkyl carbamates (subject to hydrolysis) is 1. The van der Waals surface area contributed by atoms with Crippen molar-refractivity contribution in [3.05, 3.63) is 5.82 Å². The van der Waals surface area contributed by atoms with Crippen LogP contribution in [0.4, 0.5) is 4.79 Å². The van der Waals surface area contributed by atoms with Crippen molar-refractivity contribution >= 4 is 6.09 Å². The number of tetrazole rings is 1. The third-order valence-electron chi connectivity index (χ3n) is 2.53. The Bertz CT molecular complexity index is 371. The molecule has 1 aromatic heterocycles. The molecule has 2 N–H and O–H groups in total. The van der Waals surface area contributed by atoms with Crippen molar-refractivity contribution in [3.8, 4) is 0 Å². The van der Waals surface area contributed by atoms with Crippen LogP contribution in [-0.4, -0.2) is 32.3 Å². The van der Waals surface area contributed by atoms with E-state index in [1.165, 1.54) is 0 Å². The molecule has 18 heavy (non-hydrogen) atoms. The Balaban J connectivity index is 2.71. The van der Waals surface area contributed by atoms with Gasteiger partial charge in [-0.2, -0.15) is 5.21 Å². The van der Waals surface area contributed by atoms with Crippen LogP contribution in [0.1, 0.15) is 52.9 Å². The van der Waals surface area contributed by atoms with Crippen LogP contribution in [0, 0.1) is 5.92 Å². The molecule has 0 aliphatic rings. The first kappa shape index (κ1) is 14.4. The largest absolute Gasteiger partial charge is 0.444 e. The molecule has 1 heterocycles. The second-order valence-corrected chi connectivity index (χ2v) is 5.28. The zero-order valence-corrected chi connectivity index (χ0v) is 11.5. The van der Waals surface area contributed by atoms with E-state index in [4.69, 9.17) is 4.74 Å². The smallest absolute Gasteiger partial charge is 0.408 e. The van der Waals surface area contributed by atoms with Crippen LogP contribution >= 0.6 is 0 Å². The Hall–Kier alpha value is -1.66. The maximum Gasteiger partial charge on any atom is 0.408 e. The molecule has 1 amide bonds. The van der Waals surface area contributed by atoms with E-state index in [1.807, 2.05) is 34.6 Å². The molecule has 0 fully saturated rings. The molecule has 0 saturated heterocycles. The Morgan fingerprint density at radius 3 is 2.61 bits per heavy atom. The highest BCUT2D eigenvalue weighted by atomic mass is 16.6. The predicted molar refractivity (Wildman–Crippen MR) is 65.7 cm³/mol. The Morgan fingerprint density at radius 2 is 2.17 bits per heavy atom. The third-order valence-corrected chi connectivity index (χ3v) is 2.53. The van der Waals surface area contributed by atoms with Crippen LogP contribution in [0.3, 0.4) is 0 Å². The topological polar surface area (TPSA) is 92.8 Å². The van der Waals surface area contributed by atoms with Crippen LogP contribution in [-0.2, 0) is 4.74 Å². The lowest BCUT2D eigenvalue weighted by Crippen LogP contribution is -2.37. The van der Waals surface area contributed by atoms with Crippen LogP contribution < -0.4 is 5.32 Å². The number of hydrogen-bond acceptors (Lipinski definition) is 5. The summed E-state index contributed by atoms with van der Waals surface area (Å²) in [5.74, 6) is 0.658. The molecule has 0 unspecified atom stereocenters. The van der Waals surface area contributed by atoms with Crippen molar-refractivity contribution in [1.29, 1.82) is 0 Å². The van der Waals surface area contributed by atoms with E-state index in [9.17, 15) is 4.79 Å². The van der Waals surface area contributed by atoms with Crippen LogP contribution in [0.2, 0.25) is 0 Å². The van der Waals surface area contributed by atoms with Gasteiger partial charge in [0.05, 0.1) is 6.04 Å². The lowest BCUT2D eigenvalue weighted by molar-refractivity contribution is 0.0483. The third kappa shape index (κ3) is 4.31. The highest BCUT2D eigenvalue weighted by Crippen LogP contribution is 2.21. The molecule has 1 aromatic rings. The minimum absolute atomic E-state index is 0.190. The Labute approximate surface area is 107 Å². The number of carbonyl (C=O) groups is 1. The van der Waals surface area contributed by atoms with Gasteiger partial charge in [-0.1, -0.05) is 25.5 Å². The average Bonchev–Trinajstić information content (AvgIpc) is 2.75. The van der Waals surface area contributed by atoms with E-state index in [0.29, 0.717) is 5.82 Å². The summed E-state index contributed by atoms with van der Waals surface area (Å²) in [6, 6.07) is -0.302. The van der Waals surface area contributed by atoms with E-state index < -0.39 is 11.7 Å². The Kier molecular flexibility index (Phi) is 4.63. The van der Waals surface area contributed by atoms with Gasteiger partial charge in [0.2, 0.25) is 0 Å². The van der Waals surface area contributed by atoms with Crippen LogP contribution in [0.25, 0.3) is 0 Å². The van der Waals surface area contributed by atoms with Gasteiger partial charge in [0.15, 0.2) is 5.82 Å². The molecule has 0 aromatic carbocycles. The molecule has 1 rings (SSSR count). The van der Waals surface area contributed by atoms with Crippen LogP contribution in [0.5, 0.6) is 0 Å². The number of aromatic nitrogens is 4. The molecule has 0 aliphatic heterocycles. The van der Waals surface area contributed by atoms with Gasteiger partial charge in [0.25, 0.3) is 0 Å². The Morgan fingerprint density at radius 1 is 1.50 bits per heavy atom. The van der Waals surface area contributed by atoms with Crippen molar-refractivity contribution in [2.45, 2.75) is 52.7 Å². The number of nitrogens with zero attached hydrogens (tertiary/aromatic N) is 3. The minimum Gasteiger partial charge on any atom is -0.444 e. The number of amides is 1. The average molecular weight is 255 g/mol. The fraction of sp³-hybridized carbons (Fsp3) is 0.818. The number of nitrogens with one attached hydrogen (secondary N) is 2. The van der Waals surface area contributed by atoms with Crippen molar-refractivity contribution in [3.63, 3.8) is 0 Å². The summed E-state index contributed by atoms with van der Waals surface area (Å²) in [5.41, 5.74) is -0.526. The lowest BCUT2D eigenvalue weighted by Gasteiger charge is -2.24. The highest BCUT2D eigenvalue weighted by Gasteiger charge is 2.26. The summed E-state index contributed by atoms with van der Waals surface area (Å²) >= 11 is 0. The molecule has 0 radical (unpaired) electrons. The molecule has 0 saturated carbocycles. The first-order chi connectivity index (χ1) is 8.33. The van der Waals surface area contributed by atoms with E-state index >= 15 is 0 Å². The molecule has 7 nitrogen and oxygen atoms in total. The number of H-pyrrole nitrogens is 1. The van der Waals surface area contributed by atoms with Gasteiger partial charge in [-0.3, -0.25) is 0 Å². The normalized spacial score (nSPS) is 14.9. The molecular weight excluding hydrogens is 234 g/mol. The van der Waals surface area contributed by atoms with Crippen molar-refractivity contribution in [2.24, 2.45) is 5.92 Å². The molecular formula is C11H21N5O2. The molecule has 7 heteroatoms. The van der Waals surface area contributed by atoms with E-state index in [0.717, 1.165) is 6.42 Å². The van der Waals surface area contributed by atoms with E-state index in [-0.39, 0.29) is 12.0 Å². The highest BCUT2D eigenvalue weighted by molar-refractivity contribution is 5.68. The number of hydrogen-bond donors (Lipinski definition) is 2. The number of rotatable bonds is 4.